The fraction of sp³-hybridized carbons (Fsp3) is 0.444. The molecule has 0 spiro atoms. The molecule has 1 fully saturated rings. The SMILES string of the molecule is COc1ccccc1C(=O)CCn1c(CN2CCN(CC(=O)NC(C)C)CC2)nc2ccccc21. The summed E-state index contributed by atoms with van der Waals surface area (Å²) < 4.78 is 7.55. The molecule has 3 aromatic rings. The number of imidazole rings is 1. The summed E-state index contributed by atoms with van der Waals surface area (Å²) in [5.41, 5.74) is 2.59. The second-order valence-electron chi connectivity index (χ2n) is 9.32. The molecule has 1 amide bonds. The van der Waals surface area contributed by atoms with Gasteiger partial charge in [0.05, 0.1) is 36.8 Å². The van der Waals surface area contributed by atoms with Crippen LogP contribution >= 0.6 is 0 Å². The molecule has 2 heterocycles. The van der Waals surface area contributed by atoms with E-state index in [0.717, 1.165) is 43.0 Å². The fourth-order valence-electron chi connectivity index (χ4n) is 4.59. The van der Waals surface area contributed by atoms with Crippen molar-refractivity contribution in [2.24, 2.45) is 0 Å². The fourth-order valence-corrected chi connectivity index (χ4v) is 4.59. The van der Waals surface area contributed by atoms with Gasteiger partial charge in [-0.1, -0.05) is 24.3 Å². The third-order valence-electron chi connectivity index (χ3n) is 6.35. The number of benzene rings is 2. The van der Waals surface area contributed by atoms with Gasteiger partial charge in [0.25, 0.3) is 0 Å². The molecule has 0 saturated carbocycles. The van der Waals surface area contributed by atoms with E-state index in [1.54, 1.807) is 7.11 Å². The lowest BCUT2D eigenvalue weighted by atomic mass is 10.1. The van der Waals surface area contributed by atoms with Crippen LogP contribution in [0.1, 0.15) is 36.5 Å². The molecule has 2 aromatic carbocycles. The van der Waals surface area contributed by atoms with E-state index >= 15 is 0 Å². The Morgan fingerprint density at radius 3 is 2.43 bits per heavy atom. The molecule has 35 heavy (non-hydrogen) atoms. The summed E-state index contributed by atoms with van der Waals surface area (Å²) in [5.74, 6) is 1.70. The highest BCUT2D eigenvalue weighted by Gasteiger charge is 2.22. The maximum absolute atomic E-state index is 13.0. The Labute approximate surface area is 206 Å². The molecule has 1 N–H and O–H groups in total. The number of aromatic nitrogens is 2. The van der Waals surface area contributed by atoms with Gasteiger partial charge in [-0.3, -0.25) is 19.4 Å². The van der Waals surface area contributed by atoms with Crippen LogP contribution in [0.4, 0.5) is 0 Å². The molecule has 8 heteroatoms. The van der Waals surface area contributed by atoms with Gasteiger partial charge in [-0.25, -0.2) is 4.98 Å². The Hall–Kier alpha value is -3.23. The molecule has 0 bridgehead atoms. The first kappa shape index (κ1) is 24.9. The summed E-state index contributed by atoms with van der Waals surface area (Å²) in [4.78, 5) is 34.5. The van der Waals surface area contributed by atoms with Crippen LogP contribution in [0.2, 0.25) is 0 Å². The average Bonchev–Trinajstić information content (AvgIpc) is 3.20. The van der Waals surface area contributed by atoms with E-state index in [1.165, 1.54) is 0 Å². The lowest BCUT2D eigenvalue weighted by Gasteiger charge is -2.34. The number of piperazine rings is 1. The number of rotatable bonds is 10. The first-order valence-corrected chi connectivity index (χ1v) is 12.3. The lowest BCUT2D eigenvalue weighted by Crippen LogP contribution is -2.49. The number of ether oxygens (including phenoxy) is 1. The molecule has 0 atom stereocenters. The number of nitrogens with zero attached hydrogens (tertiary/aromatic N) is 4. The number of methoxy groups -OCH3 is 1. The third-order valence-corrected chi connectivity index (χ3v) is 6.35. The van der Waals surface area contributed by atoms with E-state index in [0.29, 0.717) is 37.4 Å². The van der Waals surface area contributed by atoms with Gasteiger partial charge in [-0.05, 0) is 38.1 Å². The zero-order chi connectivity index (χ0) is 24.8. The van der Waals surface area contributed by atoms with Crippen molar-refractivity contribution in [3.63, 3.8) is 0 Å². The van der Waals surface area contributed by atoms with Crippen LogP contribution in [0.15, 0.2) is 48.5 Å². The number of ketones is 1. The van der Waals surface area contributed by atoms with Crippen LogP contribution < -0.4 is 10.1 Å². The smallest absolute Gasteiger partial charge is 0.234 e. The van der Waals surface area contributed by atoms with E-state index < -0.39 is 0 Å². The van der Waals surface area contributed by atoms with Crippen molar-refractivity contribution in [2.45, 2.75) is 39.4 Å². The highest BCUT2D eigenvalue weighted by Crippen LogP contribution is 2.22. The predicted octanol–water partition coefficient (Wildman–Crippen LogP) is 2.96. The Morgan fingerprint density at radius 1 is 1.00 bits per heavy atom. The van der Waals surface area contributed by atoms with E-state index in [2.05, 4.69) is 25.8 Å². The van der Waals surface area contributed by atoms with Crippen LogP contribution in [-0.2, 0) is 17.9 Å². The topological polar surface area (TPSA) is 79.7 Å². The van der Waals surface area contributed by atoms with Gasteiger partial charge in [0.1, 0.15) is 11.6 Å². The Bertz CT molecular complexity index is 1160. The van der Waals surface area contributed by atoms with Crippen molar-refractivity contribution in [3.8, 4) is 5.75 Å². The van der Waals surface area contributed by atoms with Crippen LogP contribution in [0.5, 0.6) is 5.75 Å². The van der Waals surface area contributed by atoms with Gasteiger partial charge in [0.2, 0.25) is 5.91 Å². The minimum absolute atomic E-state index is 0.0551. The van der Waals surface area contributed by atoms with E-state index in [9.17, 15) is 9.59 Å². The number of nitrogens with one attached hydrogen (secondary N) is 1. The van der Waals surface area contributed by atoms with Crippen molar-refractivity contribution in [2.75, 3.05) is 39.8 Å². The maximum Gasteiger partial charge on any atom is 0.234 e. The molecule has 1 aliphatic rings. The lowest BCUT2D eigenvalue weighted by molar-refractivity contribution is -0.123. The first-order chi connectivity index (χ1) is 16.9. The standard InChI is InChI=1S/C27H35N5O3/c1-20(2)28-27(34)19-31-16-14-30(15-17-31)18-26-29-22-9-5-6-10-23(22)32(26)13-12-24(33)21-8-4-7-11-25(21)35-3/h4-11,20H,12-19H2,1-3H3,(H,28,34). The van der Waals surface area contributed by atoms with Gasteiger partial charge >= 0.3 is 0 Å². The zero-order valence-corrected chi connectivity index (χ0v) is 20.9. The van der Waals surface area contributed by atoms with Gasteiger partial charge in [-0.2, -0.15) is 0 Å². The molecule has 8 nitrogen and oxygen atoms in total. The number of Topliss-reactive ketones (excluding diaryl/α,β-unsaturated/α-hetero) is 1. The summed E-state index contributed by atoms with van der Waals surface area (Å²) in [6, 6.07) is 15.6. The van der Waals surface area contributed by atoms with Crippen molar-refractivity contribution < 1.29 is 14.3 Å². The quantitative estimate of drug-likeness (QED) is 0.453. The second kappa shape index (κ2) is 11.5. The van der Waals surface area contributed by atoms with Crippen molar-refractivity contribution in [1.29, 1.82) is 0 Å². The molecular formula is C27H35N5O3. The first-order valence-electron chi connectivity index (χ1n) is 12.3. The van der Waals surface area contributed by atoms with E-state index in [-0.39, 0.29) is 17.7 Å². The van der Waals surface area contributed by atoms with E-state index in [1.807, 2.05) is 56.3 Å². The Kier molecular flexibility index (Phi) is 8.15. The number of para-hydroxylation sites is 3. The van der Waals surface area contributed by atoms with Gasteiger partial charge in [0, 0.05) is 45.2 Å². The number of carbonyl (C=O) groups excluding carboxylic acids is 2. The van der Waals surface area contributed by atoms with Gasteiger partial charge in [0.15, 0.2) is 5.78 Å². The molecule has 4 rings (SSSR count). The number of amides is 1. The van der Waals surface area contributed by atoms with Gasteiger partial charge < -0.3 is 14.6 Å². The van der Waals surface area contributed by atoms with Crippen LogP contribution in [0.25, 0.3) is 11.0 Å². The summed E-state index contributed by atoms with van der Waals surface area (Å²) >= 11 is 0. The minimum Gasteiger partial charge on any atom is -0.496 e. The Morgan fingerprint density at radius 2 is 1.69 bits per heavy atom. The summed E-state index contributed by atoms with van der Waals surface area (Å²) in [6.45, 7) is 9.10. The summed E-state index contributed by atoms with van der Waals surface area (Å²) in [5, 5.41) is 2.96. The normalized spacial score (nSPS) is 15.0. The second-order valence-corrected chi connectivity index (χ2v) is 9.32. The van der Waals surface area contributed by atoms with Gasteiger partial charge in [-0.15, -0.1) is 0 Å². The Balaban J connectivity index is 1.42. The molecule has 0 radical (unpaired) electrons. The number of hydrogen-bond donors (Lipinski definition) is 1. The number of fused-ring (bicyclic) bond motifs is 1. The average molecular weight is 478 g/mol. The zero-order valence-electron chi connectivity index (χ0n) is 20.9. The molecule has 1 aromatic heterocycles. The van der Waals surface area contributed by atoms with Crippen molar-refractivity contribution in [1.82, 2.24) is 24.7 Å². The molecule has 186 valence electrons. The van der Waals surface area contributed by atoms with Crippen LogP contribution in [0, 0.1) is 0 Å². The number of carbonyl (C=O) groups is 2. The highest BCUT2D eigenvalue weighted by atomic mass is 16.5. The third kappa shape index (κ3) is 6.26. The van der Waals surface area contributed by atoms with Crippen LogP contribution in [0.3, 0.4) is 0 Å². The summed E-state index contributed by atoms with van der Waals surface area (Å²) in [6.07, 6.45) is 0.368. The maximum atomic E-state index is 13.0. The largest absolute Gasteiger partial charge is 0.496 e. The van der Waals surface area contributed by atoms with E-state index in [4.69, 9.17) is 9.72 Å². The van der Waals surface area contributed by atoms with Crippen LogP contribution in [-0.4, -0.2) is 76.9 Å². The van der Waals surface area contributed by atoms with Crippen molar-refractivity contribution >= 4 is 22.7 Å². The van der Waals surface area contributed by atoms with Crippen molar-refractivity contribution in [3.05, 3.63) is 59.9 Å². The molecule has 1 saturated heterocycles. The molecule has 0 aliphatic carbocycles. The molecule has 0 unspecified atom stereocenters. The predicted molar refractivity (Wildman–Crippen MR) is 137 cm³/mol. The monoisotopic (exact) mass is 477 g/mol. The molecular weight excluding hydrogens is 442 g/mol. The number of hydrogen-bond acceptors (Lipinski definition) is 6. The summed E-state index contributed by atoms with van der Waals surface area (Å²) in [7, 11) is 1.59. The number of aryl methyl sites for hydroxylation is 1. The molecule has 1 aliphatic heterocycles. The minimum atomic E-state index is 0.0551. The highest BCUT2D eigenvalue weighted by molar-refractivity contribution is 5.98.